The molecule has 0 saturated carbocycles. The molecule has 0 unspecified atom stereocenters. The first-order chi connectivity index (χ1) is 10.6. The lowest BCUT2D eigenvalue weighted by Crippen LogP contribution is -2.40. The molecule has 1 aromatic rings. The summed E-state index contributed by atoms with van der Waals surface area (Å²) >= 11 is 0. The molecule has 9 nitrogen and oxygen atoms in total. The van der Waals surface area contributed by atoms with E-state index in [-0.39, 0.29) is 23.1 Å². The van der Waals surface area contributed by atoms with E-state index in [1.54, 1.807) is 13.8 Å². The third-order valence-corrected chi connectivity index (χ3v) is 4.69. The summed E-state index contributed by atoms with van der Waals surface area (Å²) in [4.78, 5) is 21.1. The molecule has 0 saturated heterocycles. The normalized spacial score (nSPS) is 11.7. The van der Waals surface area contributed by atoms with Crippen LogP contribution in [0.5, 0.6) is 5.75 Å². The number of nitro groups is 1. The van der Waals surface area contributed by atoms with Gasteiger partial charge in [0.2, 0.25) is 15.9 Å². The number of benzene rings is 1. The van der Waals surface area contributed by atoms with Gasteiger partial charge in [-0.05, 0) is 18.1 Å². The summed E-state index contributed by atoms with van der Waals surface area (Å²) in [6.45, 7) is 3.12. The summed E-state index contributed by atoms with van der Waals surface area (Å²) in [5.74, 6) is -0.922. The second kappa shape index (κ2) is 7.38. The Morgan fingerprint density at radius 3 is 2.48 bits per heavy atom. The number of hydrogen-bond donors (Lipinski definition) is 1. The minimum Gasteiger partial charge on any atom is -0.490 e. The van der Waals surface area contributed by atoms with Gasteiger partial charge in [0.05, 0.1) is 23.5 Å². The fourth-order valence-corrected chi connectivity index (χ4v) is 3.54. The van der Waals surface area contributed by atoms with Crippen molar-refractivity contribution >= 4 is 21.6 Å². The number of amides is 1. The summed E-state index contributed by atoms with van der Waals surface area (Å²) in [6.07, 6.45) is 0. The van der Waals surface area contributed by atoms with Gasteiger partial charge in [-0.1, -0.05) is 13.8 Å². The van der Waals surface area contributed by atoms with E-state index < -0.39 is 33.1 Å². The highest BCUT2D eigenvalue weighted by Crippen LogP contribution is 2.30. The van der Waals surface area contributed by atoms with E-state index in [9.17, 15) is 23.3 Å². The number of hydrogen-bond acceptors (Lipinski definition) is 6. The molecule has 0 fully saturated rings. The Balaban J connectivity index is 3.36. The maximum atomic E-state index is 12.6. The fourth-order valence-electron chi connectivity index (χ4n) is 1.95. The quantitative estimate of drug-likeness (QED) is 0.545. The van der Waals surface area contributed by atoms with Crippen LogP contribution in [-0.4, -0.2) is 43.8 Å². The van der Waals surface area contributed by atoms with Crippen LogP contribution >= 0.6 is 0 Å². The first-order valence-electron chi connectivity index (χ1n) is 6.70. The average Bonchev–Trinajstić information content (AvgIpc) is 2.44. The number of nitrogens with two attached hydrogens (primary N) is 1. The molecule has 128 valence electrons. The molecule has 0 radical (unpaired) electrons. The van der Waals surface area contributed by atoms with E-state index in [4.69, 9.17) is 10.5 Å². The van der Waals surface area contributed by atoms with Crippen LogP contribution in [0.3, 0.4) is 0 Å². The lowest BCUT2D eigenvalue weighted by atomic mass is 10.2. The topological polar surface area (TPSA) is 133 Å². The van der Waals surface area contributed by atoms with Crippen LogP contribution in [0.25, 0.3) is 0 Å². The van der Waals surface area contributed by atoms with Crippen LogP contribution < -0.4 is 10.5 Å². The Morgan fingerprint density at radius 2 is 2.04 bits per heavy atom. The number of ether oxygens (including phenoxy) is 1. The van der Waals surface area contributed by atoms with Crippen LogP contribution in [0.15, 0.2) is 23.1 Å². The Labute approximate surface area is 134 Å². The highest BCUT2D eigenvalue weighted by Gasteiger charge is 2.29. The Hall–Kier alpha value is -2.20. The second-order valence-corrected chi connectivity index (χ2v) is 7.19. The molecule has 0 atom stereocenters. The number of carbonyl (C=O) groups is 1. The van der Waals surface area contributed by atoms with Crippen molar-refractivity contribution in [2.24, 2.45) is 11.7 Å². The molecule has 0 spiro atoms. The van der Waals surface area contributed by atoms with Crippen molar-refractivity contribution < 1.29 is 22.9 Å². The van der Waals surface area contributed by atoms with Crippen molar-refractivity contribution in [2.45, 2.75) is 18.7 Å². The first kappa shape index (κ1) is 18.8. The van der Waals surface area contributed by atoms with Crippen molar-refractivity contribution in [1.29, 1.82) is 0 Å². The van der Waals surface area contributed by atoms with Crippen molar-refractivity contribution in [3.8, 4) is 5.75 Å². The SMILES string of the molecule is COc1ccc(S(=O)(=O)N(CC(N)=O)CC(C)C)cc1[N+](=O)[O-]. The third kappa shape index (κ3) is 4.63. The first-order valence-corrected chi connectivity index (χ1v) is 8.14. The van der Waals surface area contributed by atoms with Crippen molar-refractivity contribution in [1.82, 2.24) is 4.31 Å². The Kier molecular flexibility index (Phi) is 6.05. The molecule has 0 aromatic heterocycles. The maximum Gasteiger partial charge on any atom is 0.312 e. The number of sulfonamides is 1. The zero-order valence-corrected chi connectivity index (χ0v) is 13.9. The maximum absolute atomic E-state index is 12.6. The molecule has 1 amide bonds. The zero-order chi connectivity index (χ0) is 17.8. The summed E-state index contributed by atoms with van der Waals surface area (Å²) < 4.78 is 31.0. The highest BCUT2D eigenvalue weighted by atomic mass is 32.2. The number of nitro benzene ring substituents is 1. The summed E-state index contributed by atoms with van der Waals surface area (Å²) in [7, 11) is -2.85. The van der Waals surface area contributed by atoms with E-state index in [1.807, 2.05) is 0 Å². The van der Waals surface area contributed by atoms with E-state index >= 15 is 0 Å². The predicted octanol–water partition coefficient (Wildman–Crippen LogP) is 0.735. The molecular formula is C13H19N3O6S. The van der Waals surface area contributed by atoms with Crippen molar-refractivity contribution in [3.05, 3.63) is 28.3 Å². The number of nitrogens with zero attached hydrogens (tertiary/aromatic N) is 2. The molecule has 1 aromatic carbocycles. The van der Waals surface area contributed by atoms with Gasteiger partial charge in [-0.2, -0.15) is 4.31 Å². The minimum absolute atomic E-state index is 0.0562. The van der Waals surface area contributed by atoms with Gasteiger partial charge < -0.3 is 10.5 Å². The van der Waals surface area contributed by atoms with Gasteiger partial charge in [0, 0.05) is 12.6 Å². The van der Waals surface area contributed by atoms with Crippen molar-refractivity contribution in [3.63, 3.8) is 0 Å². The molecular weight excluding hydrogens is 326 g/mol. The van der Waals surface area contributed by atoms with Gasteiger partial charge in [0.15, 0.2) is 5.75 Å². The van der Waals surface area contributed by atoms with Crippen LogP contribution in [0.2, 0.25) is 0 Å². The molecule has 0 aliphatic carbocycles. The lowest BCUT2D eigenvalue weighted by Gasteiger charge is -2.22. The van der Waals surface area contributed by atoms with Crippen LogP contribution in [0.4, 0.5) is 5.69 Å². The molecule has 0 bridgehead atoms. The van der Waals surface area contributed by atoms with Crippen molar-refractivity contribution in [2.75, 3.05) is 20.2 Å². The second-order valence-electron chi connectivity index (χ2n) is 5.25. The standard InChI is InChI=1S/C13H19N3O6S/c1-9(2)7-15(8-13(14)17)23(20,21)10-4-5-12(22-3)11(6-10)16(18)19/h4-6,9H,7-8H2,1-3H3,(H2,14,17). The summed E-state index contributed by atoms with van der Waals surface area (Å²) in [5.41, 5.74) is 4.62. The fraction of sp³-hybridized carbons (Fsp3) is 0.462. The number of methoxy groups -OCH3 is 1. The van der Waals surface area contributed by atoms with Gasteiger partial charge >= 0.3 is 5.69 Å². The lowest BCUT2D eigenvalue weighted by molar-refractivity contribution is -0.386. The molecule has 10 heteroatoms. The molecule has 2 N–H and O–H groups in total. The van der Waals surface area contributed by atoms with E-state index in [2.05, 4.69) is 0 Å². The zero-order valence-electron chi connectivity index (χ0n) is 13.1. The van der Waals surface area contributed by atoms with Crippen LogP contribution in [-0.2, 0) is 14.8 Å². The number of carbonyl (C=O) groups excluding carboxylic acids is 1. The summed E-state index contributed by atoms with van der Waals surface area (Å²) in [5, 5.41) is 11.0. The van der Waals surface area contributed by atoms with Gasteiger partial charge in [-0.15, -0.1) is 0 Å². The van der Waals surface area contributed by atoms with Crippen LogP contribution in [0, 0.1) is 16.0 Å². The van der Waals surface area contributed by atoms with E-state index in [0.717, 1.165) is 10.4 Å². The van der Waals surface area contributed by atoms with Gasteiger partial charge in [0.1, 0.15) is 0 Å². The van der Waals surface area contributed by atoms with Gasteiger partial charge in [0.25, 0.3) is 0 Å². The number of rotatable bonds is 8. The van der Waals surface area contributed by atoms with Gasteiger partial charge in [-0.25, -0.2) is 8.42 Å². The number of primary amides is 1. The monoisotopic (exact) mass is 345 g/mol. The van der Waals surface area contributed by atoms with Crippen LogP contribution in [0.1, 0.15) is 13.8 Å². The summed E-state index contributed by atoms with van der Waals surface area (Å²) in [6, 6.07) is 3.29. The molecule has 1 rings (SSSR count). The largest absolute Gasteiger partial charge is 0.490 e. The molecule has 0 aliphatic heterocycles. The minimum atomic E-state index is -4.10. The Morgan fingerprint density at radius 1 is 1.43 bits per heavy atom. The Bertz CT molecular complexity index is 702. The predicted molar refractivity (Wildman–Crippen MR) is 82.4 cm³/mol. The highest BCUT2D eigenvalue weighted by molar-refractivity contribution is 7.89. The van der Waals surface area contributed by atoms with Gasteiger partial charge in [-0.3, -0.25) is 14.9 Å². The average molecular weight is 345 g/mol. The molecule has 23 heavy (non-hydrogen) atoms. The smallest absolute Gasteiger partial charge is 0.312 e. The molecule has 0 heterocycles. The van der Waals surface area contributed by atoms with E-state index in [1.165, 1.54) is 19.2 Å². The third-order valence-electron chi connectivity index (χ3n) is 2.89. The molecule has 0 aliphatic rings. The van der Waals surface area contributed by atoms with E-state index in [0.29, 0.717) is 0 Å².